The number of hydrogen-bond acceptors (Lipinski definition) is 4. The van der Waals surface area contributed by atoms with Crippen LogP contribution in [0.15, 0.2) is 6.07 Å². The molecule has 0 saturated carbocycles. The molecule has 19 heavy (non-hydrogen) atoms. The van der Waals surface area contributed by atoms with Gasteiger partial charge >= 0.3 is 0 Å². The molecular formula is C15H25N3S. The molecule has 1 fully saturated rings. The monoisotopic (exact) mass is 279 g/mol. The first kappa shape index (κ1) is 14.6. The van der Waals surface area contributed by atoms with E-state index < -0.39 is 0 Å². The topological polar surface area (TPSA) is 37.8 Å². The Hall–Kier alpha value is -0.770. The van der Waals surface area contributed by atoms with Crippen molar-refractivity contribution >= 4 is 17.6 Å². The van der Waals surface area contributed by atoms with Crippen LogP contribution >= 0.6 is 11.8 Å². The summed E-state index contributed by atoms with van der Waals surface area (Å²) in [5.74, 6) is 3.32. The largest absolute Gasteiger partial charge is 0.370 e. The van der Waals surface area contributed by atoms with Crippen LogP contribution < -0.4 is 5.32 Å². The van der Waals surface area contributed by atoms with Crippen LogP contribution in [-0.4, -0.2) is 22.3 Å². The van der Waals surface area contributed by atoms with Gasteiger partial charge in [-0.25, -0.2) is 9.97 Å². The summed E-state index contributed by atoms with van der Waals surface area (Å²) in [6, 6.07) is 2.12. The van der Waals surface area contributed by atoms with Crippen molar-refractivity contribution in [2.45, 2.75) is 57.6 Å². The first-order chi connectivity index (χ1) is 9.33. The van der Waals surface area contributed by atoms with Crippen LogP contribution in [0.25, 0.3) is 0 Å². The van der Waals surface area contributed by atoms with Crippen LogP contribution in [0.3, 0.4) is 0 Å². The number of aryl methyl sites for hydroxylation is 1. The van der Waals surface area contributed by atoms with Gasteiger partial charge in [0.1, 0.15) is 11.6 Å². The molecule has 0 amide bonds. The van der Waals surface area contributed by atoms with Crippen molar-refractivity contribution in [3.63, 3.8) is 0 Å². The minimum Gasteiger partial charge on any atom is -0.370 e. The maximum absolute atomic E-state index is 4.78. The lowest BCUT2D eigenvalue weighted by molar-refractivity contribution is 0.657. The fourth-order valence-electron chi connectivity index (χ4n) is 2.33. The number of nitrogens with one attached hydrogen (secondary N) is 1. The second-order valence-corrected chi connectivity index (χ2v) is 6.45. The zero-order valence-corrected chi connectivity index (χ0v) is 12.9. The minimum atomic E-state index is 0.507. The molecule has 1 aliphatic rings. The predicted molar refractivity (Wildman–Crippen MR) is 83.9 cm³/mol. The molecule has 0 radical (unpaired) electrons. The second kappa shape index (κ2) is 7.73. The van der Waals surface area contributed by atoms with E-state index in [1.54, 1.807) is 0 Å². The molecule has 1 aromatic rings. The third kappa shape index (κ3) is 4.37. The first-order valence-corrected chi connectivity index (χ1v) is 8.61. The van der Waals surface area contributed by atoms with Crippen LogP contribution in [0.5, 0.6) is 0 Å². The van der Waals surface area contributed by atoms with Gasteiger partial charge in [-0.2, -0.15) is 11.8 Å². The molecule has 0 aromatic carbocycles. The molecule has 1 N–H and O–H groups in total. The summed E-state index contributed by atoms with van der Waals surface area (Å²) in [6.45, 7) is 5.37. The van der Waals surface area contributed by atoms with E-state index in [9.17, 15) is 0 Å². The Bertz CT molecular complexity index is 389. The van der Waals surface area contributed by atoms with E-state index in [1.165, 1.54) is 30.7 Å². The molecule has 2 heterocycles. The summed E-state index contributed by atoms with van der Waals surface area (Å²) in [5, 5.41) is 3.92. The van der Waals surface area contributed by atoms with Gasteiger partial charge in [0.2, 0.25) is 0 Å². The number of aromatic nitrogens is 2. The summed E-state index contributed by atoms with van der Waals surface area (Å²) in [7, 11) is 0. The van der Waals surface area contributed by atoms with E-state index in [2.05, 4.69) is 25.2 Å². The SMILES string of the molecule is CCCNc1cc(CCC)nc(C2CCCCS2)n1. The van der Waals surface area contributed by atoms with Crippen LogP contribution in [-0.2, 0) is 6.42 Å². The third-order valence-corrected chi connectivity index (χ3v) is 4.70. The molecule has 1 aliphatic heterocycles. The molecule has 0 aliphatic carbocycles. The fourth-order valence-corrected chi connectivity index (χ4v) is 3.58. The van der Waals surface area contributed by atoms with Gasteiger partial charge in [-0.3, -0.25) is 0 Å². The van der Waals surface area contributed by atoms with Gasteiger partial charge in [0.05, 0.1) is 5.25 Å². The first-order valence-electron chi connectivity index (χ1n) is 7.56. The highest BCUT2D eigenvalue weighted by Gasteiger charge is 2.19. The average molecular weight is 279 g/mol. The van der Waals surface area contributed by atoms with Gasteiger partial charge in [0.15, 0.2) is 0 Å². The second-order valence-electron chi connectivity index (χ2n) is 5.13. The Morgan fingerprint density at radius 3 is 2.84 bits per heavy atom. The third-order valence-electron chi connectivity index (χ3n) is 3.33. The lowest BCUT2D eigenvalue weighted by Gasteiger charge is -2.21. The van der Waals surface area contributed by atoms with Gasteiger partial charge in [-0.1, -0.05) is 26.7 Å². The number of nitrogens with zero attached hydrogens (tertiary/aromatic N) is 2. The van der Waals surface area contributed by atoms with E-state index in [0.29, 0.717) is 5.25 Å². The molecule has 4 heteroatoms. The highest BCUT2D eigenvalue weighted by Crippen LogP contribution is 2.37. The smallest absolute Gasteiger partial charge is 0.143 e. The normalized spacial score (nSPS) is 19.4. The zero-order valence-electron chi connectivity index (χ0n) is 12.1. The number of hydrogen-bond donors (Lipinski definition) is 1. The van der Waals surface area contributed by atoms with Crippen LogP contribution in [0.2, 0.25) is 0 Å². The molecule has 2 rings (SSSR count). The Morgan fingerprint density at radius 2 is 2.16 bits per heavy atom. The van der Waals surface area contributed by atoms with Gasteiger partial charge in [0, 0.05) is 18.3 Å². The highest BCUT2D eigenvalue weighted by molar-refractivity contribution is 7.99. The Morgan fingerprint density at radius 1 is 1.26 bits per heavy atom. The van der Waals surface area contributed by atoms with Crippen molar-refractivity contribution in [3.8, 4) is 0 Å². The minimum absolute atomic E-state index is 0.507. The molecule has 1 aromatic heterocycles. The molecule has 3 nitrogen and oxygen atoms in total. The van der Waals surface area contributed by atoms with Gasteiger partial charge in [0.25, 0.3) is 0 Å². The van der Waals surface area contributed by atoms with Gasteiger partial charge in [-0.15, -0.1) is 0 Å². The Labute approximate surface area is 121 Å². The number of thioether (sulfide) groups is 1. The van der Waals surface area contributed by atoms with Crippen molar-refractivity contribution in [2.75, 3.05) is 17.6 Å². The summed E-state index contributed by atoms with van der Waals surface area (Å²) >= 11 is 2.02. The molecule has 1 unspecified atom stereocenters. The van der Waals surface area contributed by atoms with Crippen molar-refractivity contribution < 1.29 is 0 Å². The van der Waals surface area contributed by atoms with Gasteiger partial charge in [-0.05, 0) is 31.4 Å². The highest BCUT2D eigenvalue weighted by atomic mass is 32.2. The Kier molecular flexibility index (Phi) is 5.95. The van der Waals surface area contributed by atoms with Crippen molar-refractivity contribution in [1.82, 2.24) is 9.97 Å². The maximum Gasteiger partial charge on any atom is 0.143 e. The van der Waals surface area contributed by atoms with Crippen molar-refractivity contribution in [2.24, 2.45) is 0 Å². The van der Waals surface area contributed by atoms with E-state index in [1.807, 2.05) is 11.8 Å². The summed E-state index contributed by atoms with van der Waals surface area (Å²) in [6.07, 6.45) is 7.21. The summed E-state index contributed by atoms with van der Waals surface area (Å²) in [4.78, 5) is 9.52. The molecule has 106 valence electrons. The van der Waals surface area contributed by atoms with Crippen LogP contribution in [0.1, 0.15) is 62.7 Å². The average Bonchev–Trinajstić information content (AvgIpc) is 2.46. The number of rotatable bonds is 6. The lowest BCUT2D eigenvalue weighted by atomic mass is 10.1. The molecule has 1 saturated heterocycles. The van der Waals surface area contributed by atoms with Crippen molar-refractivity contribution in [3.05, 3.63) is 17.6 Å². The van der Waals surface area contributed by atoms with Crippen LogP contribution in [0.4, 0.5) is 5.82 Å². The summed E-state index contributed by atoms with van der Waals surface area (Å²) < 4.78 is 0. The standard InChI is InChI=1S/C15H25N3S/c1-3-7-12-11-14(16-9-4-2)18-15(17-12)13-8-5-6-10-19-13/h11,13H,3-10H2,1-2H3,(H,16,17,18). The fraction of sp³-hybridized carbons (Fsp3) is 0.733. The Balaban J connectivity index is 2.17. The van der Waals surface area contributed by atoms with E-state index >= 15 is 0 Å². The molecule has 1 atom stereocenters. The molecule has 0 spiro atoms. The molecule has 0 bridgehead atoms. The van der Waals surface area contributed by atoms with Crippen LogP contribution in [0, 0.1) is 0 Å². The quantitative estimate of drug-likeness (QED) is 0.846. The summed E-state index contributed by atoms with van der Waals surface area (Å²) in [5.41, 5.74) is 1.19. The predicted octanol–water partition coefficient (Wildman–Crippen LogP) is 4.21. The van der Waals surface area contributed by atoms with E-state index in [0.717, 1.165) is 37.4 Å². The molecular weight excluding hydrogens is 254 g/mol. The van der Waals surface area contributed by atoms with Crippen molar-refractivity contribution in [1.29, 1.82) is 0 Å². The maximum atomic E-state index is 4.78. The zero-order chi connectivity index (χ0) is 13.5. The number of anilines is 1. The lowest BCUT2D eigenvalue weighted by Crippen LogP contribution is -2.11. The van der Waals surface area contributed by atoms with Gasteiger partial charge < -0.3 is 5.32 Å². The van der Waals surface area contributed by atoms with E-state index in [-0.39, 0.29) is 0 Å². The van der Waals surface area contributed by atoms with E-state index in [4.69, 9.17) is 9.97 Å².